The van der Waals surface area contributed by atoms with Crippen molar-refractivity contribution in [2.75, 3.05) is 24.8 Å². The zero-order chi connectivity index (χ0) is 13.4. The molecule has 0 saturated heterocycles. The molecular formula is C13H19ClFNOS. The molecule has 18 heavy (non-hydrogen) atoms. The van der Waals surface area contributed by atoms with Gasteiger partial charge in [0.1, 0.15) is 0 Å². The van der Waals surface area contributed by atoms with E-state index in [0.29, 0.717) is 17.2 Å². The number of nitrogens with one attached hydrogen (secondary N) is 1. The number of benzene rings is 1. The highest BCUT2D eigenvalue weighted by Gasteiger charge is 2.03. The van der Waals surface area contributed by atoms with Crippen LogP contribution in [0.1, 0.15) is 24.8 Å². The van der Waals surface area contributed by atoms with E-state index in [2.05, 4.69) is 5.32 Å². The molecule has 1 aromatic carbocycles. The van der Waals surface area contributed by atoms with Gasteiger partial charge in [0.25, 0.3) is 0 Å². The number of rotatable bonds is 8. The molecular weight excluding hydrogens is 273 g/mol. The van der Waals surface area contributed by atoms with Gasteiger partial charge in [-0.05, 0) is 37.0 Å². The fourth-order valence-corrected chi connectivity index (χ4v) is 2.49. The maximum absolute atomic E-state index is 11.9. The molecule has 0 aliphatic carbocycles. The van der Waals surface area contributed by atoms with Crippen LogP contribution in [0.25, 0.3) is 0 Å². The molecule has 0 aromatic heterocycles. The minimum Gasteiger partial charge on any atom is -0.384 e. The van der Waals surface area contributed by atoms with Crippen molar-refractivity contribution in [1.82, 2.24) is 0 Å². The number of alkyl halides is 1. The molecule has 0 unspecified atom stereocenters. The Kier molecular flexibility index (Phi) is 7.28. The van der Waals surface area contributed by atoms with Crippen molar-refractivity contribution in [3.8, 4) is 0 Å². The Hall–Kier alpha value is -0.610. The van der Waals surface area contributed by atoms with Crippen LogP contribution in [0.2, 0.25) is 5.02 Å². The van der Waals surface area contributed by atoms with Crippen molar-refractivity contribution < 1.29 is 8.60 Å². The molecule has 0 aliphatic rings. The first kappa shape index (κ1) is 15.4. The zero-order valence-electron chi connectivity index (χ0n) is 10.5. The van der Waals surface area contributed by atoms with Crippen molar-refractivity contribution in [3.05, 3.63) is 28.8 Å². The summed E-state index contributed by atoms with van der Waals surface area (Å²) in [4.78, 5) is 0. The first-order valence-electron chi connectivity index (χ1n) is 6.01. The van der Waals surface area contributed by atoms with Gasteiger partial charge in [0.15, 0.2) is 0 Å². The highest BCUT2D eigenvalue weighted by Crippen LogP contribution is 2.23. The van der Waals surface area contributed by atoms with Gasteiger partial charge in [0.05, 0.1) is 17.4 Å². The van der Waals surface area contributed by atoms with Crippen molar-refractivity contribution in [3.63, 3.8) is 0 Å². The van der Waals surface area contributed by atoms with E-state index in [0.717, 1.165) is 30.6 Å². The first-order chi connectivity index (χ1) is 8.63. The lowest BCUT2D eigenvalue weighted by Crippen LogP contribution is -2.03. The molecule has 1 rings (SSSR count). The highest BCUT2D eigenvalue weighted by molar-refractivity contribution is 7.83. The van der Waals surface area contributed by atoms with Gasteiger partial charge in [-0.1, -0.05) is 17.7 Å². The smallest absolute Gasteiger partial charge is 0.0894 e. The SMILES string of the molecule is C[S@](=O)Cc1ccc(Cl)c(NCCCCCF)c1. The monoisotopic (exact) mass is 291 g/mol. The number of unbranched alkanes of at least 4 members (excludes halogenated alkanes) is 2. The Morgan fingerprint density at radius 2 is 2.11 bits per heavy atom. The molecule has 0 bridgehead atoms. The van der Waals surface area contributed by atoms with Gasteiger partial charge in [-0.25, -0.2) is 0 Å². The minimum atomic E-state index is -0.854. The second kappa shape index (κ2) is 8.48. The summed E-state index contributed by atoms with van der Waals surface area (Å²) < 4.78 is 23.1. The molecule has 0 heterocycles. The molecule has 0 radical (unpaired) electrons. The zero-order valence-corrected chi connectivity index (χ0v) is 12.1. The summed E-state index contributed by atoms with van der Waals surface area (Å²) in [5, 5.41) is 3.89. The minimum absolute atomic E-state index is 0.251. The van der Waals surface area contributed by atoms with Crippen LogP contribution in [0.4, 0.5) is 10.1 Å². The van der Waals surface area contributed by atoms with Gasteiger partial charge in [-0.15, -0.1) is 0 Å². The molecule has 0 saturated carbocycles. The van der Waals surface area contributed by atoms with E-state index in [1.807, 2.05) is 18.2 Å². The standard InChI is InChI=1S/C13H19ClFNOS/c1-18(17)10-11-5-6-12(14)13(9-11)16-8-4-2-3-7-15/h5-6,9,16H,2-4,7-8,10H2,1H3/t18-/m0/s1. The fraction of sp³-hybridized carbons (Fsp3) is 0.538. The van der Waals surface area contributed by atoms with Crippen LogP contribution in [-0.2, 0) is 16.6 Å². The van der Waals surface area contributed by atoms with Gasteiger partial charge in [-0.2, -0.15) is 0 Å². The topological polar surface area (TPSA) is 29.1 Å². The summed E-state index contributed by atoms with van der Waals surface area (Å²) in [6, 6.07) is 5.63. The third kappa shape index (κ3) is 5.83. The van der Waals surface area contributed by atoms with Gasteiger partial charge >= 0.3 is 0 Å². The van der Waals surface area contributed by atoms with E-state index >= 15 is 0 Å². The fourth-order valence-electron chi connectivity index (χ4n) is 1.65. The summed E-state index contributed by atoms with van der Waals surface area (Å²) in [7, 11) is -0.854. The largest absolute Gasteiger partial charge is 0.384 e. The second-order valence-corrected chi connectivity index (χ2v) is 6.05. The number of anilines is 1. The van der Waals surface area contributed by atoms with Crippen LogP contribution in [0, 0.1) is 0 Å². The van der Waals surface area contributed by atoms with E-state index < -0.39 is 10.8 Å². The predicted molar refractivity (Wildman–Crippen MR) is 77.5 cm³/mol. The summed E-state index contributed by atoms with van der Waals surface area (Å²) in [5.74, 6) is 0.535. The molecule has 0 aliphatic heterocycles. The molecule has 2 nitrogen and oxygen atoms in total. The van der Waals surface area contributed by atoms with Crippen molar-refractivity contribution in [1.29, 1.82) is 0 Å². The number of hydrogen-bond acceptors (Lipinski definition) is 2. The molecule has 0 amide bonds. The van der Waals surface area contributed by atoms with Crippen LogP contribution < -0.4 is 5.32 Å². The molecule has 0 spiro atoms. The van der Waals surface area contributed by atoms with Crippen molar-refractivity contribution in [2.45, 2.75) is 25.0 Å². The molecule has 1 aromatic rings. The summed E-state index contributed by atoms with van der Waals surface area (Å²) in [5.41, 5.74) is 1.87. The Morgan fingerprint density at radius 3 is 2.78 bits per heavy atom. The third-order valence-corrected chi connectivity index (χ3v) is 3.60. The normalized spacial score (nSPS) is 12.4. The summed E-state index contributed by atoms with van der Waals surface area (Å²) in [6.45, 7) is 0.525. The van der Waals surface area contributed by atoms with Crippen LogP contribution in [0.15, 0.2) is 18.2 Å². The molecule has 102 valence electrons. The van der Waals surface area contributed by atoms with Crippen LogP contribution in [0.5, 0.6) is 0 Å². The predicted octanol–water partition coefficient (Wildman–Crippen LogP) is 3.77. The van der Waals surface area contributed by atoms with Gasteiger partial charge < -0.3 is 5.32 Å². The maximum Gasteiger partial charge on any atom is 0.0894 e. The van der Waals surface area contributed by atoms with Gasteiger partial charge in [-0.3, -0.25) is 8.60 Å². The molecule has 1 atom stereocenters. The molecule has 1 N–H and O–H groups in total. The van der Waals surface area contributed by atoms with Crippen LogP contribution in [-0.4, -0.2) is 23.7 Å². The average Bonchev–Trinajstić information content (AvgIpc) is 2.32. The van der Waals surface area contributed by atoms with Crippen molar-refractivity contribution in [2.24, 2.45) is 0 Å². The first-order valence-corrected chi connectivity index (χ1v) is 8.12. The maximum atomic E-state index is 11.9. The van der Waals surface area contributed by atoms with Crippen molar-refractivity contribution >= 4 is 28.1 Å². The molecule has 5 heteroatoms. The van der Waals surface area contributed by atoms with Gasteiger partial charge in [0, 0.05) is 29.4 Å². The van der Waals surface area contributed by atoms with Crippen LogP contribution >= 0.6 is 11.6 Å². The third-order valence-electron chi connectivity index (χ3n) is 2.53. The highest BCUT2D eigenvalue weighted by atomic mass is 35.5. The Labute approximate surface area is 115 Å². The summed E-state index contributed by atoms with van der Waals surface area (Å²) in [6.07, 6.45) is 4.09. The Balaban J connectivity index is 2.50. The van der Waals surface area contributed by atoms with Crippen LogP contribution in [0.3, 0.4) is 0 Å². The Bertz CT molecular complexity index is 401. The van der Waals surface area contributed by atoms with E-state index in [4.69, 9.17) is 11.6 Å². The van der Waals surface area contributed by atoms with E-state index in [1.165, 1.54) is 0 Å². The quantitative estimate of drug-likeness (QED) is 0.739. The lowest BCUT2D eigenvalue weighted by molar-refractivity contribution is 0.458. The summed E-state index contributed by atoms with van der Waals surface area (Å²) >= 11 is 6.07. The number of hydrogen-bond donors (Lipinski definition) is 1. The molecule has 0 fully saturated rings. The Morgan fingerprint density at radius 1 is 1.33 bits per heavy atom. The van der Waals surface area contributed by atoms with Gasteiger partial charge in [0.2, 0.25) is 0 Å². The van der Waals surface area contributed by atoms with E-state index in [-0.39, 0.29) is 6.67 Å². The number of halogens is 2. The second-order valence-electron chi connectivity index (χ2n) is 4.21. The average molecular weight is 292 g/mol. The van der Waals surface area contributed by atoms with E-state index in [9.17, 15) is 8.60 Å². The lowest BCUT2D eigenvalue weighted by Gasteiger charge is -2.10. The van der Waals surface area contributed by atoms with E-state index in [1.54, 1.807) is 6.26 Å². The lowest BCUT2D eigenvalue weighted by atomic mass is 10.2.